The van der Waals surface area contributed by atoms with Gasteiger partial charge >= 0.3 is 23.9 Å². The lowest BCUT2D eigenvalue weighted by atomic mass is 10.1. The highest BCUT2D eigenvalue weighted by atomic mass is 16.4. The summed E-state index contributed by atoms with van der Waals surface area (Å²) in [5.41, 5.74) is 2.59. The zero-order valence-corrected chi connectivity index (χ0v) is 14.9. The summed E-state index contributed by atoms with van der Waals surface area (Å²) >= 11 is 0. The van der Waals surface area contributed by atoms with Crippen LogP contribution in [0.2, 0.25) is 0 Å². The molecule has 0 fully saturated rings. The Morgan fingerprint density at radius 3 is 1.07 bits per heavy atom. The van der Waals surface area contributed by atoms with Gasteiger partial charge in [-0.2, -0.15) is 0 Å². The topological polar surface area (TPSA) is 149 Å². The number of carboxylic acid groups (broad SMARTS) is 4. The lowest BCUT2D eigenvalue weighted by Gasteiger charge is -2.00. The number of hydrogen-bond donors (Lipinski definition) is 4. The van der Waals surface area contributed by atoms with E-state index in [1.165, 1.54) is 0 Å². The summed E-state index contributed by atoms with van der Waals surface area (Å²) in [7, 11) is 0. The van der Waals surface area contributed by atoms with Crippen LogP contribution in [0.15, 0.2) is 48.5 Å². The fourth-order valence-electron chi connectivity index (χ4n) is 2.32. The van der Waals surface area contributed by atoms with E-state index >= 15 is 0 Å². The summed E-state index contributed by atoms with van der Waals surface area (Å²) in [6, 6.07) is 13.1. The van der Waals surface area contributed by atoms with Crippen molar-refractivity contribution in [2.24, 2.45) is 0 Å². The van der Waals surface area contributed by atoms with Crippen LogP contribution in [0.5, 0.6) is 0 Å². The van der Waals surface area contributed by atoms with Gasteiger partial charge in [-0.3, -0.25) is 19.2 Å². The molecule has 0 saturated heterocycles. The number of aliphatic carboxylic acids is 4. The number of carbonyl (C=O) groups is 4. The first-order chi connectivity index (χ1) is 13.2. The van der Waals surface area contributed by atoms with Gasteiger partial charge < -0.3 is 20.4 Å². The molecule has 0 saturated carbocycles. The Labute approximate surface area is 160 Å². The van der Waals surface area contributed by atoms with Crippen molar-refractivity contribution in [1.29, 1.82) is 0 Å². The van der Waals surface area contributed by atoms with Gasteiger partial charge in [0.05, 0.1) is 25.7 Å². The Balaban J connectivity index is 0.000000280. The molecule has 8 nitrogen and oxygen atoms in total. The molecule has 0 aliphatic heterocycles. The third-order valence-corrected chi connectivity index (χ3v) is 3.44. The van der Waals surface area contributed by atoms with Gasteiger partial charge in [-0.05, 0) is 22.3 Å². The van der Waals surface area contributed by atoms with Crippen molar-refractivity contribution < 1.29 is 39.6 Å². The zero-order valence-electron chi connectivity index (χ0n) is 14.9. The fraction of sp³-hybridized carbons (Fsp3) is 0.200. The van der Waals surface area contributed by atoms with Crippen LogP contribution in [0.3, 0.4) is 0 Å². The van der Waals surface area contributed by atoms with Crippen molar-refractivity contribution in [2.45, 2.75) is 25.7 Å². The van der Waals surface area contributed by atoms with E-state index in [1.807, 2.05) is 0 Å². The second-order valence-corrected chi connectivity index (χ2v) is 5.92. The molecule has 0 unspecified atom stereocenters. The van der Waals surface area contributed by atoms with Crippen LogP contribution in [0, 0.1) is 0 Å². The molecule has 0 bridgehead atoms. The predicted octanol–water partition coefficient (Wildman–Crippen LogP) is 1.88. The fourth-order valence-corrected chi connectivity index (χ4v) is 2.32. The molecule has 2 aromatic rings. The van der Waals surface area contributed by atoms with E-state index in [4.69, 9.17) is 20.4 Å². The summed E-state index contributed by atoms with van der Waals surface area (Å²) in [6.45, 7) is 0. The van der Waals surface area contributed by atoms with Crippen molar-refractivity contribution in [3.63, 3.8) is 0 Å². The van der Waals surface area contributed by atoms with Crippen molar-refractivity contribution in [3.8, 4) is 0 Å². The zero-order chi connectivity index (χ0) is 21.1. The maximum Gasteiger partial charge on any atom is 0.307 e. The standard InChI is InChI=1S/2C10H10O4/c11-9(12)5-7-1-2-8(4-3-7)6-10(13)14;11-9(12)5-7-2-1-3-8(4-7)6-10(13)14/h2*1-4H,5-6H2,(H,11,12)(H,13,14). The summed E-state index contributed by atoms with van der Waals surface area (Å²) in [5, 5.41) is 34.0. The van der Waals surface area contributed by atoms with Gasteiger partial charge in [0, 0.05) is 0 Å². The van der Waals surface area contributed by atoms with E-state index in [0.29, 0.717) is 22.3 Å². The van der Waals surface area contributed by atoms with E-state index in [9.17, 15) is 19.2 Å². The van der Waals surface area contributed by atoms with E-state index in [0.717, 1.165) is 0 Å². The molecule has 0 spiro atoms. The van der Waals surface area contributed by atoms with Crippen molar-refractivity contribution in [2.75, 3.05) is 0 Å². The van der Waals surface area contributed by atoms with Crippen LogP contribution in [-0.4, -0.2) is 44.3 Å². The molecule has 0 aliphatic carbocycles. The Kier molecular flexibility index (Phi) is 8.88. The lowest BCUT2D eigenvalue weighted by Crippen LogP contribution is -2.03. The van der Waals surface area contributed by atoms with Crippen molar-refractivity contribution >= 4 is 23.9 Å². The van der Waals surface area contributed by atoms with Gasteiger partial charge in [0.25, 0.3) is 0 Å². The highest BCUT2D eigenvalue weighted by Gasteiger charge is 2.04. The minimum absolute atomic E-state index is 0.0344. The largest absolute Gasteiger partial charge is 0.481 e. The number of hydrogen-bond acceptors (Lipinski definition) is 4. The SMILES string of the molecule is O=C(O)Cc1ccc(CC(=O)O)cc1.O=C(O)Cc1cccc(CC(=O)O)c1. The average molecular weight is 388 g/mol. The maximum absolute atomic E-state index is 10.4. The first-order valence-corrected chi connectivity index (χ1v) is 8.18. The third-order valence-electron chi connectivity index (χ3n) is 3.44. The summed E-state index contributed by atoms with van der Waals surface area (Å²) in [6.07, 6.45) is -0.221. The molecule has 28 heavy (non-hydrogen) atoms. The number of rotatable bonds is 8. The molecule has 0 aromatic heterocycles. The Hall–Kier alpha value is -3.68. The first kappa shape index (κ1) is 22.4. The van der Waals surface area contributed by atoms with E-state index < -0.39 is 23.9 Å². The van der Waals surface area contributed by atoms with Gasteiger partial charge in [-0.1, -0.05) is 48.5 Å². The van der Waals surface area contributed by atoms with Gasteiger partial charge in [0.2, 0.25) is 0 Å². The van der Waals surface area contributed by atoms with Crippen LogP contribution >= 0.6 is 0 Å². The van der Waals surface area contributed by atoms with Crippen LogP contribution in [0.4, 0.5) is 0 Å². The van der Waals surface area contributed by atoms with Crippen molar-refractivity contribution in [1.82, 2.24) is 0 Å². The number of carboxylic acids is 4. The molecule has 4 N–H and O–H groups in total. The van der Waals surface area contributed by atoms with Gasteiger partial charge in [-0.25, -0.2) is 0 Å². The highest BCUT2D eigenvalue weighted by Crippen LogP contribution is 2.07. The van der Waals surface area contributed by atoms with Gasteiger partial charge in [0.1, 0.15) is 0 Å². The Bertz CT molecular complexity index is 773. The smallest absolute Gasteiger partial charge is 0.307 e. The van der Waals surface area contributed by atoms with Crippen molar-refractivity contribution in [3.05, 3.63) is 70.8 Å². The molecule has 2 rings (SSSR count). The molecule has 0 heterocycles. The molecule has 0 aliphatic rings. The normalized spacial score (nSPS) is 9.71. The predicted molar refractivity (Wildman–Crippen MR) is 98.2 cm³/mol. The van der Waals surface area contributed by atoms with E-state index in [1.54, 1.807) is 48.5 Å². The van der Waals surface area contributed by atoms with Gasteiger partial charge in [-0.15, -0.1) is 0 Å². The van der Waals surface area contributed by atoms with E-state index in [-0.39, 0.29) is 25.7 Å². The molecule has 2 aromatic carbocycles. The molecular weight excluding hydrogens is 368 g/mol. The minimum atomic E-state index is -0.919. The molecule has 0 amide bonds. The third kappa shape index (κ3) is 9.71. The number of benzene rings is 2. The quantitative estimate of drug-likeness (QED) is 0.535. The summed E-state index contributed by atoms with van der Waals surface area (Å²) in [4.78, 5) is 41.4. The molecular formula is C20H20O8. The molecule has 8 heteroatoms. The minimum Gasteiger partial charge on any atom is -0.481 e. The van der Waals surface area contributed by atoms with Crippen LogP contribution in [-0.2, 0) is 44.9 Å². The van der Waals surface area contributed by atoms with Crippen LogP contribution < -0.4 is 0 Å². The summed E-state index contributed by atoms with van der Waals surface area (Å²) in [5.74, 6) is -3.62. The van der Waals surface area contributed by atoms with Gasteiger partial charge in [0.15, 0.2) is 0 Å². The molecule has 148 valence electrons. The van der Waals surface area contributed by atoms with Crippen LogP contribution in [0.1, 0.15) is 22.3 Å². The Morgan fingerprint density at radius 2 is 0.786 bits per heavy atom. The molecule has 0 atom stereocenters. The monoisotopic (exact) mass is 388 g/mol. The van der Waals surface area contributed by atoms with E-state index in [2.05, 4.69) is 0 Å². The highest BCUT2D eigenvalue weighted by molar-refractivity contribution is 5.72. The lowest BCUT2D eigenvalue weighted by molar-refractivity contribution is -0.137. The summed E-state index contributed by atoms with van der Waals surface area (Å²) < 4.78 is 0. The second-order valence-electron chi connectivity index (χ2n) is 5.92. The maximum atomic E-state index is 10.4. The average Bonchev–Trinajstić information content (AvgIpc) is 2.55. The second kappa shape index (κ2) is 11.1. The first-order valence-electron chi connectivity index (χ1n) is 8.18. The van der Waals surface area contributed by atoms with Crippen LogP contribution in [0.25, 0.3) is 0 Å². The molecule has 0 radical (unpaired) electrons. The Morgan fingerprint density at radius 1 is 0.500 bits per heavy atom.